The third-order valence-electron chi connectivity index (χ3n) is 1.77. The normalized spacial score (nSPS) is 10.4. The highest BCUT2D eigenvalue weighted by atomic mass is 32.2. The van der Waals surface area contributed by atoms with Gasteiger partial charge in [-0.1, -0.05) is 13.3 Å². The first kappa shape index (κ1) is 11.9. The number of nitrogens with zero attached hydrogens (tertiary/aromatic N) is 1. The number of thioether (sulfide) groups is 1. The topological polar surface area (TPSA) is 24.9 Å². The van der Waals surface area contributed by atoms with Crippen LogP contribution in [0.5, 0.6) is 0 Å². The van der Waals surface area contributed by atoms with E-state index in [1.54, 1.807) is 11.3 Å². The maximum absolute atomic E-state index is 4.30. The molecule has 2 nitrogen and oxygen atoms in total. The predicted molar refractivity (Wildman–Crippen MR) is 67.3 cm³/mol. The minimum Gasteiger partial charge on any atom is -0.362 e. The number of unbranched alkanes of at least 4 members (excludes halogenated alkanes) is 1. The smallest absolute Gasteiger partial charge is 0.182 e. The lowest BCUT2D eigenvalue weighted by atomic mass is 10.4. The Balaban J connectivity index is 2.22. The minimum atomic E-state index is 0.954. The second-order valence-corrected chi connectivity index (χ2v) is 5.29. The van der Waals surface area contributed by atoms with Crippen molar-refractivity contribution in [2.75, 3.05) is 17.6 Å². The fourth-order valence-electron chi connectivity index (χ4n) is 1.03. The van der Waals surface area contributed by atoms with E-state index in [1.165, 1.54) is 23.5 Å². The fraction of sp³-hybridized carbons (Fsp3) is 0.700. The first-order valence-corrected chi connectivity index (χ1v) is 7.10. The van der Waals surface area contributed by atoms with Crippen LogP contribution in [0.25, 0.3) is 0 Å². The molecule has 0 fully saturated rings. The molecular weight excluding hydrogens is 212 g/mol. The molecule has 0 amide bonds. The van der Waals surface area contributed by atoms with Crippen LogP contribution >= 0.6 is 23.1 Å². The van der Waals surface area contributed by atoms with Crippen LogP contribution in [-0.2, 0) is 5.75 Å². The molecule has 0 spiro atoms. The summed E-state index contributed by atoms with van der Waals surface area (Å²) in [6.07, 6.45) is 4.60. The molecule has 0 radical (unpaired) electrons. The molecule has 1 aromatic rings. The molecule has 4 heteroatoms. The number of aromatic nitrogens is 1. The summed E-state index contributed by atoms with van der Waals surface area (Å²) in [6, 6.07) is 0. The van der Waals surface area contributed by atoms with Gasteiger partial charge in [-0.15, -0.1) is 11.3 Å². The van der Waals surface area contributed by atoms with E-state index in [0.29, 0.717) is 0 Å². The molecular formula is C10H18N2S2. The molecule has 1 rings (SSSR count). The van der Waals surface area contributed by atoms with Gasteiger partial charge in [0.15, 0.2) is 5.13 Å². The average Bonchev–Trinajstić information content (AvgIpc) is 2.61. The molecule has 1 aromatic heterocycles. The molecule has 0 aliphatic heterocycles. The van der Waals surface area contributed by atoms with Gasteiger partial charge in [0.2, 0.25) is 0 Å². The molecule has 1 heterocycles. The van der Waals surface area contributed by atoms with Crippen molar-refractivity contribution in [1.82, 2.24) is 4.98 Å². The number of rotatable bonds is 7. The fourth-order valence-corrected chi connectivity index (χ4v) is 3.10. The maximum Gasteiger partial charge on any atom is 0.182 e. The number of nitrogens with one attached hydrogen (secondary N) is 1. The standard InChI is InChI=1S/C10H18N2S2/c1-3-5-6-13-8-9-7-12-10(14-9)11-4-2/h7H,3-6,8H2,1-2H3,(H,11,12). The Morgan fingerprint density at radius 2 is 2.36 bits per heavy atom. The van der Waals surface area contributed by atoms with Crippen LogP contribution in [0, 0.1) is 0 Å². The molecule has 0 saturated carbocycles. The van der Waals surface area contributed by atoms with E-state index in [0.717, 1.165) is 17.4 Å². The highest BCUT2D eigenvalue weighted by Gasteiger charge is 2.00. The van der Waals surface area contributed by atoms with E-state index in [4.69, 9.17) is 0 Å². The summed E-state index contributed by atoms with van der Waals surface area (Å²) in [4.78, 5) is 5.68. The van der Waals surface area contributed by atoms with Crippen LogP contribution in [-0.4, -0.2) is 17.3 Å². The van der Waals surface area contributed by atoms with Gasteiger partial charge in [0.25, 0.3) is 0 Å². The van der Waals surface area contributed by atoms with Crippen molar-refractivity contribution in [3.8, 4) is 0 Å². The second-order valence-electron chi connectivity index (χ2n) is 3.07. The lowest BCUT2D eigenvalue weighted by Crippen LogP contribution is -1.94. The van der Waals surface area contributed by atoms with Crippen molar-refractivity contribution in [3.63, 3.8) is 0 Å². The average molecular weight is 230 g/mol. The van der Waals surface area contributed by atoms with E-state index < -0.39 is 0 Å². The van der Waals surface area contributed by atoms with E-state index in [1.807, 2.05) is 18.0 Å². The van der Waals surface area contributed by atoms with Crippen molar-refractivity contribution in [1.29, 1.82) is 0 Å². The Morgan fingerprint density at radius 1 is 1.50 bits per heavy atom. The Bertz CT molecular complexity index is 248. The molecule has 0 aliphatic carbocycles. The lowest BCUT2D eigenvalue weighted by Gasteiger charge is -1.96. The summed E-state index contributed by atoms with van der Waals surface area (Å²) in [5.74, 6) is 2.38. The number of hydrogen-bond acceptors (Lipinski definition) is 4. The van der Waals surface area contributed by atoms with Crippen LogP contribution in [0.1, 0.15) is 31.6 Å². The SMILES string of the molecule is CCCCSCc1cnc(NCC)s1. The first-order chi connectivity index (χ1) is 6.86. The predicted octanol–water partition coefficient (Wildman–Crippen LogP) is 3.61. The van der Waals surface area contributed by atoms with Gasteiger partial charge >= 0.3 is 0 Å². The van der Waals surface area contributed by atoms with Crippen LogP contribution < -0.4 is 5.32 Å². The van der Waals surface area contributed by atoms with Crippen molar-refractivity contribution in [3.05, 3.63) is 11.1 Å². The highest BCUT2D eigenvalue weighted by molar-refractivity contribution is 7.98. The van der Waals surface area contributed by atoms with Gasteiger partial charge in [0, 0.05) is 23.4 Å². The third-order valence-corrected chi connectivity index (χ3v) is 4.00. The van der Waals surface area contributed by atoms with Gasteiger partial charge in [-0.05, 0) is 19.1 Å². The van der Waals surface area contributed by atoms with Gasteiger partial charge in [0.05, 0.1) is 0 Å². The largest absolute Gasteiger partial charge is 0.362 e. The molecule has 80 valence electrons. The summed E-state index contributed by atoms with van der Waals surface area (Å²) in [5.41, 5.74) is 0. The molecule has 0 atom stereocenters. The molecule has 1 N–H and O–H groups in total. The Hall–Kier alpha value is -0.220. The van der Waals surface area contributed by atoms with Gasteiger partial charge in [-0.25, -0.2) is 4.98 Å². The van der Waals surface area contributed by atoms with E-state index in [-0.39, 0.29) is 0 Å². The zero-order valence-electron chi connectivity index (χ0n) is 8.88. The summed E-state index contributed by atoms with van der Waals surface area (Å²) in [7, 11) is 0. The summed E-state index contributed by atoms with van der Waals surface area (Å²) < 4.78 is 0. The molecule has 0 bridgehead atoms. The van der Waals surface area contributed by atoms with Crippen LogP contribution in [0.4, 0.5) is 5.13 Å². The summed E-state index contributed by atoms with van der Waals surface area (Å²) >= 11 is 3.78. The molecule has 0 unspecified atom stereocenters. The van der Waals surface area contributed by atoms with Gasteiger partial charge in [-0.2, -0.15) is 11.8 Å². The first-order valence-electron chi connectivity index (χ1n) is 5.13. The molecule has 0 aliphatic rings. The van der Waals surface area contributed by atoms with Crippen molar-refractivity contribution >= 4 is 28.2 Å². The zero-order chi connectivity index (χ0) is 10.2. The van der Waals surface area contributed by atoms with E-state index in [2.05, 4.69) is 24.1 Å². The molecule has 0 aromatic carbocycles. The van der Waals surface area contributed by atoms with Gasteiger partial charge in [0.1, 0.15) is 0 Å². The van der Waals surface area contributed by atoms with Gasteiger partial charge in [-0.3, -0.25) is 0 Å². The monoisotopic (exact) mass is 230 g/mol. The third kappa shape index (κ3) is 4.33. The van der Waals surface area contributed by atoms with Crippen LogP contribution in [0.2, 0.25) is 0 Å². The van der Waals surface area contributed by atoms with Crippen molar-refractivity contribution in [2.24, 2.45) is 0 Å². The molecule has 14 heavy (non-hydrogen) atoms. The van der Waals surface area contributed by atoms with Gasteiger partial charge < -0.3 is 5.32 Å². The maximum atomic E-state index is 4.30. The quantitative estimate of drug-likeness (QED) is 0.724. The number of thiazole rings is 1. The lowest BCUT2D eigenvalue weighted by molar-refractivity contribution is 0.896. The van der Waals surface area contributed by atoms with E-state index >= 15 is 0 Å². The zero-order valence-corrected chi connectivity index (χ0v) is 10.5. The number of hydrogen-bond donors (Lipinski definition) is 1. The second kappa shape index (κ2) is 7.12. The minimum absolute atomic E-state index is 0.954. The molecule has 0 saturated heterocycles. The highest BCUT2D eigenvalue weighted by Crippen LogP contribution is 2.22. The number of anilines is 1. The Labute approximate surface area is 94.5 Å². The Morgan fingerprint density at radius 3 is 3.07 bits per heavy atom. The Kier molecular flexibility index (Phi) is 6.03. The van der Waals surface area contributed by atoms with Crippen LogP contribution in [0.15, 0.2) is 6.20 Å². The van der Waals surface area contributed by atoms with Crippen molar-refractivity contribution < 1.29 is 0 Å². The summed E-state index contributed by atoms with van der Waals surface area (Å²) in [5, 5.41) is 4.28. The van der Waals surface area contributed by atoms with E-state index in [9.17, 15) is 0 Å². The summed E-state index contributed by atoms with van der Waals surface area (Å²) in [6.45, 7) is 5.28. The van der Waals surface area contributed by atoms with Crippen molar-refractivity contribution in [2.45, 2.75) is 32.4 Å². The van der Waals surface area contributed by atoms with Crippen LogP contribution in [0.3, 0.4) is 0 Å².